The zero-order chi connectivity index (χ0) is 8.69. The second kappa shape index (κ2) is 5.77. The van der Waals surface area contributed by atoms with Gasteiger partial charge in [-0.15, -0.1) is 0 Å². The molecule has 0 aromatic carbocycles. The van der Waals surface area contributed by atoms with E-state index in [-0.39, 0.29) is 5.97 Å². The molecule has 0 aliphatic carbocycles. The van der Waals surface area contributed by atoms with Gasteiger partial charge in [0.1, 0.15) is 0 Å². The quantitative estimate of drug-likeness (QED) is 0.353. The number of ether oxygens (including phenoxy) is 2. The minimum atomic E-state index is -0.319. The van der Waals surface area contributed by atoms with Gasteiger partial charge in [-0.05, 0) is 13.3 Å². The van der Waals surface area contributed by atoms with Crippen molar-refractivity contribution in [2.75, 3.05) is 13.7 Å². The van der Waals surface area contributed by atoms with Crippen molar-refractivity contribution < 1.29 is 14.3 Å². The van der Waals surface area contributed by atoms with Crippen LogP contribution in [-0.2, 0) is 14.3 Å². The first-order chi connectivity index (χ1) is 5.26. The highest BCUT2D eigenvalue weighted by Crippen LogP contribution is 2.02. The molecule has 0 N–H and O–H groups in total. The molecule has 11 heavy (non-hydrogen) atoms. The summed E-state index contributed by atoms with van der Waals surface area (Å²) in [5.74, 6) is -0.319. The van der Waals surface area contributed by atoms with Crippen molar-refractivity contribution in [3.8, 4) is 0 Å². The highest BCUT2D eigenvalue weighted by Gasteiger charge is 2.05. The predicted molar refractivity (Wildman–Crippen MR) is 42.0 cm³/mol. The monoisotopic (exact) mass is 158 g/mol. The predicted octanol–water partition coefficient (Wildman–Crippen LogP) is 1.49. The van der Waals surface area contributed by atoms with E-state index in [0.717, 1.165) is 0 Å². The third-order valence-electron chi connectivity index (χ3n) is 1.22. The molecule has 0 fully saturated rings. The molecule has 3 heteroatoms. The van der Waals surface area contributed by atoms with E-state index >= 15 is 0 Å². The van der Waals surface area contributed by atoms with Gasteiger partial charge in [0.2, 0.25) is 0 Å². The zero-order valence-corrected chi connectivity index (χ0v) is 7.22. The van der Waals surface area contributed by atoms with Gasteiger partial charge < -0.3 is 9.47 Å². The minimum Gasteiger partial charge on any atom is -0.501 e. The van der Waals surface area contributed by atoms with Crippen molar-refractivity contribution in [1.82, 2.24) is 0 Å². The summed E-state index contributed by atoms with van der Waals surface area (Å²) in [6.07, 6.45) is 2.08. The Bertz CT molecular complexity index is 149. The standard InChI is InChI=1S/C8H14O3/c1-4-7(6-11-5-2)8(9)10-3/h6H,4-5H2,1-3H3/b7-6+. The molecule has 0 radical (unpaired) electrons. The Morgan fingerprint density at radius 3 is 2.45 bits per heavy atom. The topological polar surface area (TPSA) is 35.5 Å². The summed E-state index contributed by atoms with van der Waals surface area (Å²) in [5.41, 5.74) is 0.564. The summed E-state index contributed by atoms with van der Waals surface area (Å²) in [6, 6.07) is 0. The lowest BCUT2D eigenvalue weighted by atomic mass is 10.2. The van der Waals surface area contributed by atoms with Crippen LogP contribution in [0.5, 0.6) is 0 Å². The van der Waals surface area contributed by atoms with E-state index in [1.165, 1.54) is 13.4 Å². The number of methoxy groups -OCH3 is 1. The second-order valence-corrected chi connectivity index (χ2v) is 1.94. The normalized spacial score (nSPS) is 11.0. The molecule has 64 valence electrons. The summed E-state index contributed by atoms with van der Waals surface area (Å²) >= 11 is 0. The number of rotatable bonds is 4. The van der Waals surface area contributed by atoms with Gasteiger partial charge in [-0.1, -0.05) is 6.92 Å². The Kier molecular flexibility index (Phi) is 5.25. The maximum atomic E-state index is 10.9. The number of esters is 1. The summed E-state index contributed by atoms with van der Waals surface area (Å²) in [5, 5.41) is 0. The van der Waals surface area contributed by atoms with E-state index < -0.39 is 0 Å². The van der Waals surface area contributed by atoms with Gasteiger partial charge in [0.05, 0.1) is 25.6 Å². The van der Waals surface area contributed by atoms with Crippen LogP contribution in [0.2, 0.25) is 0 Å². The van der Waals surface area contributed by atoms with Crippen LogP contribution in [0.25, 0.3) is 0 Å². The maximum absolute atomic E-state index is 10.9. The van der Waals surface area contributed by atoms with Gasteiger partial charge in [0, 0.05) is 0 Å². The number of hydrogen-bond donors (Lipinski definition) is 0. The van der Waals surface area contributed by atoms with Crippen molar-refractivity contribution >= 4 is 5.97 Å². The van der Waals surface area contributed by atoms with Crippen LogP contribution < -0.4 is 0 Å². The Hall–Kier alpha value is -0.990. The van der Waals surface area contributed by atoms with E-state index in [1.54, 1.807) is 0 Å². The molecule has 0 spiro atoms. The maximum Gasteiger partial charge on any atom is 0.336 e. The van der Waals surface area contributed by atoms with Crippen LogP contribution in [-0.4, -0.2) is 19.7 Å². The lowest BCUT2D eigenvalue weighted by Gasteiger charge is -2.01. The average molecular weight is 158 g/mol. The SMILES string of the molecule is CCO/C=C(\CC)C(=O)OC. The molecule has 0 amide bonds. The fraction of sp³-hybridized carbons (Fsp3) is 0.625. The van der Waals surface area contributed by atoms with Crippen LogP contribution >= 0.6 is 0 Å². The molecular formula is C8H14O3. The highest BCUT2D eigenvalue weighted by molar-refractivity contribution is 5.87. The van der Waals surface area contributed by atoms with Crippen molar-refractivity contribution in [1.29, 1.82) is 0 Å². The molecule has 0 rings (SSSR count). The van der Waals surface area contributed by atoms with Gasteiger partial charge >= 0.3 is 5.97 Å². The Morgan fingerprint density at radius 2 is 2.09 bits per heavy atom. The van der Waals surface area contributed by atoms with Crippen molar-refractivity contribution in [3.05, 3.63) is 11.8 Å². The highest BCUT2D eigenvalue weighted by atomic mass is 16.5. The number of carbonyl (C=O) groups is 1. The van der Waals surface area contributed by atoms with E-state index in [2.05, 4.69) is 4.74 Å². The van der Waals surface area contributed by atoms with Crippen molar-refractivity contribution in [2.45, 2.75) is 20.3 Å². The molecule has 0 bridgehead atoms. The molecule has 3 nitrogen and oxygen atoms in total. The van der Waals surface area contributed by atoms with Crippen molar-refractivity contribution in [3.63, 3.8) is 0 Å². The third kappa shape index (κ3) is 3.65. The second-order valence-electron chi connectivity index (χ2n) is 1.94. The fourth-order valence-corrected chi connectivity index (χ4v) is 0.591. The lowest BCUT2D eigenvalue weighted by Crippen LogP contribution is -2.04. The van der Waals surface area contributed by atoms with Gasteiger partial charge in [-0.25, -0.2) is 4.79 Å². The molecule has 0 aliphatic heterocycles. The van der Waals surface area contributed by atoms with E-state index in [1.807, 2.05) is 13.8 Å². The van der Waals surface area contributed by atoms with Crippen LogP contribution in [0.1, 0.15) is 20.3 Å². The lowest BCUT2D eigenvalue weighted by molar-refractivity contribution is -0.136. The summed E-state index contributed by atoms with van der Waals surface area (Å²) < 4.78 is 9.46. The molecule has 0 aromatic heterocycles. The first-order valence-corrected chi connectivity index (χ1v) is 3.65. The molecule has 0 aromatic rings. The van der Waals surface area contributed by atoms with E-state index in [4.69, 9.17) is 4.74 Å². The Labute approximate surface area is 67.0 Å². The Balaban J connectivity index is 4.03. The molecule has 0 saturated heterocycles. The number of carbonyl (C=O) groups excluding carboxylic acids is 1. The summed E-state index contributed by atoms with van der Waals surface area (Å²) in [4.78, 5) is 10.9. The summed E-state index contributed by atoms with van der Waals surface area (Å²) in [6.45, 7) is 4.31. The Morgan fingerprint density at radius 1 is 1.45 bits per heavy atom. The largest absolute Gasteiger partial charge is 0.501 e. The number of hydrogen-bond acceptors (Lipinski definition) is 3. The van der Waals surface area contributed by atoms with Crippen LogP contribution in [0.3, 0.4) is 0 Å². The molecule has 0 atom stereocenters. The average Bonchev–Trinajstić information content (AvgIpc) is 2.05. The van der Waals surface area contributed by atoms with E-state index in [0.29, 0.717) is 18.6 Å². The fourth-order valence-electron chi connectivity index (χ4n) is 0.591. The molecule has 0 heterocycles. The van der Waals surface area contributed by atoms with Gasteiger partial charge in [0.15, 0.2) is 0 Å². The van der Waals surface area contributed by atoms with Gasteiger partial charge in [-0.3, -0.25) is 0 Å². The minimum absolute atomic E-state index is 0.319. The van der Waals surface area contributed by atoms with Crippen LogP contribution in [0.4, 0.5) is 0 Å². The summed E-state index contributed by atoms with van der Waals surface area (Å²) in [7, 11) is 1.36. The van der Waals surface area contributed by atoms with Crippen molar-refractivity contribution in [2.24, 2.45) is 0 Å². The molecule has 0 aliphatic rings. The zero-order valence-electron chi connectivity index (χ0n) is 7.22. The van der Waals surface area contributed by atoms with Gasteiger partial charge in [0.25, 0.3) is 0 Å². The van der Waals surface area contributed by atoms with Crippen LogP contribution in [0, 0.1) is 0 Å². The molecular weight excluding hydrogens is 144 g/mol. The molecule has 0 unspecified atom stereocenters. The molecule has 0 saturated carbocycles. The van der Waals surface area contributed by atoms with Crippen LogP contribution in [0.15, 0.2) is 11.8 Å². The van der Waals surface area contributed by atoms with E-state index in [9.17, 15) is 4.79 Å². The smallest absolute Gasteiger partial charge is 0.336 e. The first-order valence-electron chi connectivity index (χ1n) is 3.65. The third-order valence-corrected chi connectivity index (χ3v) is 1.22. The van der Waals surface area contributed by atoms with Gasteiger partial charge in [-0.2, -0.15) is 0 Å². The first kappa shape index (κ1) is 10.0.